The maximum atomic E-state index is 5.92. The van der Waals surface area contributed by atoms with Gasteiger partial charge in [-0.25, -0.2) is 4.68 Å². The van der Waals surface area contributed by atoms with Crippen LogP contribution >= 0.6 is 34.7 Å². The van der Waals surface area contributed by atoms with Crippen LogP contribution in [-0.4, -0.2) is 33.3 Å². The summed E-state index contributed by atoms with van der Waals surface area (Å²) in [6, 6.07) is 3.96. The average Bonchev–Trinajstić information content (AvgIpc) is 3.01. The van der Waals surface area contributed by atoms with Crippen LogP contribution in [0.25, 0.3) is 0 Å². The highest BCUT2D eigenvalue weighted by Crippen LogP contribution is 2.27. The predicted octanol–water partition coefficient (Wildman–Crippen LogP) is 2.93. The molecule has 0 aliphatic carbocycles. The summed E-state index contributed by atoms with van der Waals surface area (Å²) in [5.74, 6) is 1.50. The van der Waals surface area contributed by atoms with Crippen molar-refractivity contribution in [3.05, 3.63) is 21.3 Å². The zero-order valence-electron chi connectivity index (χ0n) is 11.5. The highest BCUT2D eigenvalue weighted by molar-refractivity contribution is 7.98. The van der Waals surface area contributed by atoms with Crippen LogP contribution in [0.15, 0.2) is 17.3 Å². The third kappa shape index (κ3) is 5.05. The van der Waals surface area contributed by atoms with Crippen LogP contribution in [-0.2, 0) is 12.3 Å². The van der Waals surface area contributed by atoms with Gasteiger partial charge in [0.15, 0.2) is 0 Å². The van der Waals surface area contributed by atoms with Crippen molar-refractivity contribution in [1.29, 1.82) is 0 Å². The second-order valence-corrected chi connectivity index (χ2v) is 7.52. The monoisotopic (exact) mass is 331 g/mol. The lowest BCUT2D eigenvalue weighted by Gasteiger charge is -2.07. The number of tetrazole rings is 1. The minimum atomic E-state index is 0.654. The lowest BCUT2D eigenvalue weighted by molar-refractivity contribution is 0.482. The van der Waals surface area contributed by atoms with E-state index < -0.39 is 0 Å². The summed E-state index contributed by atoms with van der Waals surface area (Å²) in [5.41, 5.74) is 0. The number of thiophene rings is 1. The van der Waals surface area contributed by atoms with Gasteiger partial charge in [-0.2, -0.15) is 0 Å². The molecule has 0 saturated heterocycles. The molecule has 0 radical (unpaired) electrons. The largest absolute Gasteiger partial charge is 0.315 e. The molecule has 5 nitrogen and oxygen atoms in total. The Labute approximate surface area is 132 Å². The Hall–Kier alpha value is -0.630. The fourth-order valence-electron chi connectivity index (χ4n) is 1.58. The molecule has 0 unspecified atom stereocenters. The molecular weight excluding hydrogens is 314 g/mol. The minimum absolute atomic E-state index is 0.654. The normalized spacial score (nSPS) is 11.4. The van der Waals surface area contributed by atoms with Crippen molar-refractivity contribution in [3.63, 3.8) is 0 Å². The molecule has 0 fully saturated rings. The van der Waals surface area contributed by atoms with Crippen LogP contribution in [0, 0.1) is 5.92 Å². The van der Waals surface area contributed by atoms with Crippen molar-refractivity contribution in [3.8, 4) is 0 Å². The van der Waals surface area contributed by atoms with Crippen molar-refractivity contribution < 1.29 is 0 Å². The van der Waals surface area contributed by atoms with E-state index in [4.69, 9.17) is 11.6 Å². The van der Waals surface area contributed by atoms with Gasteiger partial charge in [-0.1, -0.05) is 37.2 Å². The van der Waals surface area contributed by atoms with Crippen molar-refractivity contribution in [2.45, 2.75) is 31.3 Å². The summed E-state index contributed by atoms with van der Waals surface area (Å²) in [6.45, 7) is 7.06. The first kappa shape index (κ1) is 15.8. The fourth-order valence-corrected chi connectivity index (χ4v) is 3.61. The minimum Gasteiger partial charge on any atom is -0.315 e. The van der Waals surface area contributed by atoms with Gasteiger partial charge in [-0.3, -0.25) is 0 Å². The smallest absolute Gasteiger partial charge is 0.209 e. The van der Waals surface area contributed by atoms with E-state index in [-0.39, 0.29) is 0 Å². The maximum Gasteiger partial charge on any atom is 0.209 e. The highest BCUT2D eigenvalue weighted by atomic mass is 35.5. The molecule has 20 heavy (non-hydrogen) atoms. The molecule has 0 aromatic carbocycles. The molecular formula is C12H18ClN5S2. The quantitative estimate of drug-likeness (QED) is 0.595. The number of hydrogen-bond acceptors (Lipinski definition) is 6. The second-order valence-electron chi connectivity index (χ2n) is 4.78. The van der Waals surface area contributed by atoms with E-state index >= 15 is 0 Å². The van der Waals surface area contributed by atoms with Crippen LogP contribution in [0.1, 0.15) is 18.7 Å². The van der Waals surface area contributed by atoms with Gasteiger partial charge in [0.2, 0.25) is 5.16 Å². The van der Waals surface area contributed by atoms with Gasteiger partial charge in [0, 0.05) is 17.2 Å². The number of rotatable bonds is 8. The maximum absolute atomic E-state index is 5.92. The molecule has 0 spiro atoms. The zero-order chi connectivity index (χ0) is 14.4. The molecule has 0 aliphatic rings. The summed E-state index contributed by atoms with van der Waals surface area (Å²) in [6.07, 6.45) is 0. The first-order valence-electron chi connectivity index (χ1n) is 6.49. The molecule has 2 aromatic rings. The molecule has 2 heterocycles. The topological polar surface area (TPSA) is 55.6 Å². The number of nitrogens with zero attached hydrogens (tertiary/aromatic N) is 4. The number of halogens is 1. The Morgan fingerprint density at radius 3 is 3.00 bits per heavy atom. The Morgan fingerprint density at radius 1 is 1.45 bits per heavy atom. The number of hydrogen-bond donors (Lipinski definition) is 1. The van der Waals surface area contributed by atoms with E-state index in [1.54, 1.807) is 23.1 Å². The molecule has 0 saturated carbocycles. The van der Waals surface area contributed by atoms with Crippen molar-refractivity contribution in [1.82, 2.24) is 25.5 Å². The Kier molecular flexibility index (Phi) is 6.28. The van der Waals surface area contributed by atoms with Gasteiger partial charge in [0.05, 0.1) is 10.9 Å². The van der Waals surface area contributed by atoms with Crippen LogP contribution in [0.4, 0.5) is 0 Å². The van der Waals surface area contributed by atoms with Crippen molar-refractivity contribution in [2.24, 2.45) is 5.92 Å². The average molecular weight is 332 g/mol. The summed E-state index contributed by atoms with van der Waals surface area (Å²) in [7, 11) is 0. The van der Waals surface area contributed by atoms with Gasteiger partial charge in [0.25, 0.3) is 0 Å². The molecule has 8 heteroatoms. The Balaban J connectivity index is 1.79. The summed E-state index contributed by atoms with van der Waals surface area (Å²) in [4.78, 5) is 1.23. The Morgan fingerprint density at radius 2 is 2.30 bits per heavy atom. The van der Waals surface area contributed by atoms with Gasteiger partial charge >= 0.3 is 0 Å². The number of thioether (sulfide) groups is 1. The van der Waals surface area contributed by atoms with Gasteiger partial charge in [-0.15, -0.1) is 16.4 Å². The van der Waals surface area contributed by atoms with E-state index in [1.165, 1.54) is 4.88 Å². The summed E-state index contributed by atoms with van der Waals surface area (Å²) >= 11 is 9.15. The van der Waals surface area contributed by atoms with Crippen LogP contribution in [0.3, 0.4) is 0 Å². The lowest BCUT2D eigenvalue weighted by atomic mass is 10.2. The highest BCUT2D eigenvalue weighted by Gasteiger charge is 2.08. The standard InChI is InChI=1S/C12H18ClN5S2/c1-9(2)7-14-5-6-18-12(15-16-17-18)19-8-10-3-4-11(13)20-10/h3-4,9,14H,5-8H2,1-2H3. The molecule has 1 N–H and O–H groups in total. The van der Waals surface area contributed by atoms with Gasteiger partial charge in [0.1, 0.15) is 0 Å². The molecule has 2 rings (SSSR count). The molecule has 0 aliphatic heterocycles. The van der Waals surface area contributed by atoms with E-state index in [9.17, 15) is 0 Å². The van der Waals surface area contributed by atoms with E-state index in [2.05, 4.69) is 34.7 Å². The first-order valence-corrected chi connectivity index (χ1v) is 8.67. The number of nitrogens with one attached hydrogen (secondary N) is 1. The SMILES string of the molecule is CC(C)CNCCn1nnnc1SCc1ccc(Cl)s1. The third-order valence-electron chi connectivity index (χ3n) is 2.52. The van der Waals surface area contributed by atoms with Gasteiger partial charge in [-0.05, 0) is 35.0 Å². The molecule has 110 valence electrons. The Bertz CT molecular complexity index is 525. The molecule has 0 atom stereocenters. The summed E-state index contributed by atoms with van der Waals surface area (Å²) in [5, 5.41) is 16.1. The second kappa shape index (κ2) is 7.97. The van der Waals surface area contributed by atoms with Gasteiger partial charge < -0.3 is 5.32 Å². The van der Waals surface area contributed by atoms with Crippen LogP contribution < -0.4 is 5.32 Å². The van der Waals surface area contributed by atoms with E-state index in [0.717, 1.165) is 34.9 Å². The van der Waals surface area contributed by atoms with E-state index in [0.29, 0.717) is 5.92 Å². The molecule has 2 aromatic heterocycles. The molecule has 0 amide bonds. The fraction of sp³-hybridized carbons (Fsp3) is 0.583. The van der Waals surface area contributed by atoms with Crippen LogP contribution in [0.5, 0.6) is 0 Å². The van der Waals surface area contributed by atoms with E-state index in [1.807, 2.05) is 16.8 Å². The van der Waals surface area contributed by atoms with Crippen molar-refractivity contribution >= 4 is 34.7 Å². The van der Waals surface area contributed by atoms with Crippen molar-refractivity contribution in [2.75, 3.05) is 13.1 Å². The van der Waals surface area contributed by atoms with Crippen LogP contribution in [0.2, 0.25) is 4.34 Å². The predicted molar refractivity (Wildman–Crippen MR) is 84.4 cm³/mol. The first-order chi connectivity index (χ1) is 9.65. The molecule has 0 bridgehead atoms. The number of aromatic nitrogens is 4. The summed E-state index contributed by atoms with van der Waals surface area (Å²) < 4.78 is 2.66. The zero-order valence-corrected chi connectivity index (χ0v) is 13.9. The lowest BCUT2D eigenvalue weighted by Crippen LogP contribution is -2.24. The third-order valence-corrected chi connectivity index (χ3v) is 4.94.